The van der Waals surface area contributed by atoms with E-state index < -0.39 is 10.0 Å². The highest BCUT2D eigenvalue weighted by Crippen LogP contribution is 2.26. The van der Waals surface area contributed by atoms with E-state index in [0.717, 1.165) is 29.6 Å². The molecule has 0 atom stereocenters. The molecule has 11 heteroatoms. The summed E-state index contributed by atoms with van der Waals surface area (Å²) < 4.78 is 27.6. The summed E-state index contributed by atoms with van der Waals surface area (Å²) in [5.41, 5.74) is 1.11. The van der Waals surface area contributed by atoms with Crippen LogP contribution >= 0.6 is 23.1 Å². The first-order valence-corrected chi connectivity index (χ1v) is 12.8. The van der Waals surface area contributed by atoms with Gasteiger partial charge in [-0.05, 0) is 31.2 Å². The number of nitrogens with one attached hydrogen (secondary N) is 1. The van der Waals surface area contributed by atoms with Crippen LogP contribution in [0.25, 0.3) is 0 Å². The second-order valence-electron chi connectivity index (χ2n) is 6.83. The molecule has 3 rings (SSSR count). The number of amides is 1. The van der Waals surface area contributed by atoms with E-state index in [4.69, 9.17) is 0 Å². The molecule has 8 nitrogen and oxygen atoms in total. The molecule has 0 unspecified atom stereocenters. The number of carbonyl (C=O) groups is 1. The molecular weight excluding hydrogens is 430 g/mol. The average molecular weight is 456 g/mol. The lowest BCUT2D eigenvalue weighted by Crippen LogP contribution is -2.47. The largest absolute Gasteiger partial charge is 0.304 e. The van der Waals surface area contributed by atoms with Crippen LogP contribution in [0.1, 0.15) is 29.3 Å². The molecule has 1 aromatic heterocycles. The van der Waals surface area contributed by atoms with Crippen LogP contribution in [0.15, 0.2) is 28.6 Å². The molecule has 0 saturated carbocycles. The van der Waals surface area contributed by atoms with Gasteiger partial charge in [-0.15, -0.1) is 10.2 Å². The van der Waals surface area contributed by atoms with Gasteiger partial charge in [0.25, 0.3) is 5.91 Å². The minimum atomic E-state index is -3.36. The van der Waals surface area contributed by atoms with Crippen molar-refractivity contribution in [3.8, 4) is 0 Å². The number of benzene rings is 1. The Bertz CT molecular complexity index is 922. The number of nitrogens with zero attached hydrogens (tertiary/aromatic N) is 4. The zero-order chi connectivity index (χ0) is 20.9. The first-order valence-electron chi connectivity index (χ1n) is 9.40. The molecule has 1 aromatic carbocycles. The maximum atomic E-state index is 12.6. The second kappa shape index (κ2) is 9.98. The van der Waals surface area contributed by atoms with Gasteiger partial charge in [0, 0.05) is 37.5 Å². The van der Waals surface area contributed by atoms with E-state index in [-0.39, 0.29) is 11.7 Å². The Hall–Kier alpha value is -1.53. The summed E-state index contributed by atoms with van der Waals surface area (Å²) in [5, 5.41) is 11.2. The highest BCUT2D eigenvalue weighted by Gasteiger charge is 2.25. The van der Waals surface area contributed by atoms with Crippen molar-refractivity contribution >= 4 is 44.2 Å². The molecule has 0 bridgehead atoms. The summed E-state index contributed by atoms with van der Waals surface area (Å²) in [6, 6.07) is 6.65. The van der Waals surface area contributed by atoms with Gasteiger partial charge < -0.3 is 4.90 Å². The molecule has 0 aliphatic carbocycles. The first-order chi connectivity index (χ1) is 13.9. The Labute approximate surface area is 179 Å². The summed E-state index contributed by atoms with van der Waals surface area (Å²) >= 11 is 2.96. The quantitative estimate of drug-likeness (QED) is 0.482. The fourth-order valence-corrected chi connectivity index (χ4v) is 5.99. The van der Waals surface area contributed by atoms with E-state index in [2.05, 4.69) is 27.3 Å². The van der Waals surface area contributed by atoms with E-state index in [1.54, 1.807) is 36.0 Å². The number of aromatic nitrogens is 2. The van der Waals surface area contributed by atoms with Gasteiger partial charge in [0.05, 0.1) is 5.75 Å². The summed E-state index contributed by atoms with van der Waals surface area (Å²) in [6.07, 6.45) is 1.04. The molecule has 1 aliphatic heterocycles. The van der Waals surface area contributed by atoms with Crippen molar-refractivity contribution in [2.45, 2.75) is 23.4 Å². The van der Waals surface area contributed by atoms with E-state index in [1.165, 1.54) is 15.6 Å². The molecule has 158 valence electrons. The number of hydrogen-bond acceptors (Lipinski definition) is 8. The Morgan fingerprint density at radius 3 is 2.52 bits per heavy atom. The lowest BCUT2D eigenvalue weighted by molar-refractivity contribution is 0.102. The third-order valence-electron chi connectivity index (χ3n) is 4.48. The molecule has 0 spiro atoms. The number of rotatable bonds is 8. The number of piperazine rings is 1. The molecule has 1 N–H and O–H groups in total. The predicted molar refractivity (Wildman–Crippen MR) is 117 cm³/mol. The van der Waals surface area contributed by atoms with Crippen molar-refractivity contribution in [2.75, 3.05) is 44.3 Å². The summed E-state index contributed by atoms with van der Waals surface area (Å²) in [5.74, 6) is 0.607. The lowest BCUT2D eigenvalue weighted by Gasteiger charge is -2.31. The number of thioether (sulfide) groups is 1. The van der Waals surface area contributed by atoms with Crippen LogP contribution in [0, 0.1) is 0 Å². The van der Waals surface area contributed by atoms with E-state index in [0.29, 0.717) is 29.3 Å². The normalized spacial score (nSPS) is 16.1. The molecule has 1 saturated heterocycles. The van der Waals surface area contributed by atoms with Crippen LogP contribution in [-0.2, 0) is 15.8 Å². The minimum absolute atomic E-state index is 0.0625. The molecule has 1 aliphatic rings. The summed E-state index contributed by atoms with van der Waals surface area (Å²) in [6.45, 7) is 4.60. The molecule has 1 fully saturated rings. The molecule has 29 heavy (non-hydrogen) atoms. The van der Waals surface area contributed by atoms with Gasteiger partial charge in [-0.2, -0.15) is 4.31 Å². The highest BCUT2D eigenvalue weighted by molar-refractivity contribution is 8.01. The van der Waals surface area contributed by atoms with Gasteiger partial charge in [-0.1, -0.05) is 42.2 Å². The van der Waals surface area contributed by atoms with Crippen molar-refractivity contribution in [1.29, 1.82) is 0 Å². The van der Waals surface area contributed by atoms with Crippen LogP contribution in [0.3, 0.4) is 0 Å². The van der Waals surface area contributed by atoms with Crippen molar-refractivity contribution in [3.63, 3.8) is 0 Å². The van der Waals surface area contributed by atoms with Crippen molar-refractivity contribution in [2.24, 2.45) is 0 Å². The third-order valence-corrected chi connectivity index (χ3v) is 8.51. The van der Waals surface area contributed by atoms with E-state index in [9.17, 15) is 13.2 Å². The number of carbonyl (C=O) groups excluding carboxylic acids is 1. The first kappa shape index (κ1) is 22.2. The summed E-state index contributed by atoms with van der Waals surface area (Å²) in [7, 11) is -1.37. The molecular formula is C18H25N5O3S3. The maximum Gasteiger partial charge on any atom is 0.257 e. The Kier molecular flexibility index (Phi) is 7.63. The topological polar surface area (TPSA) is 95.5 Å². The Morgan fingerprint density at radius 1 is 1.17 bits per heavy atom. The van der Waals surface area contributed by atoms with Crippen molar-refractivity contribution in [1.82, 2.24) is 19.4 Å². The number of hydrogen-bond donors (Lipinski definition) is 1. The minimum Gasteiger partial charge on any atom is -0.304 e. The fraction of sp³-hybridized carbons (Fsp3) is 0.500. The SMILES string of the molecule is CCCSc1nnc(NC(=O)c2ccc(CS(=O)(=O)N3CCN(C)CC3)cc2)s1. The molecule has 2 heterocycles. The van der Waals surface area contributed by atoms with Gasteiger partial charge in [-0.25, -0.2) is 8.42 Å². The van der Waals surface area contributed by atoms with Crippen LogP contribution in [0.5, 0.6) is 0 Å². The van der Waals surface area contributed by atoms with Gasteiger partial charge in [0.15, 0.2) is 4.34 Å². The molecule has 1 amide bonds. The maximum absolute atomic E-state index is 12.6. The Balaban J connectivity index is 1.58. The monoisotopic (exact) mass is 455 g/mol. The standard InChI is InChI=1S/C18H25N5O3S3/c1-3-12-27-18-21-20-17(28-18)19-16(24)15-6-4-14(5-7-15)13-29(25,26)23-10-8-22(2)9-11-23/h4-7H,3,8-13H2,1-2H3,(H,19,20,24). The lowest BCUT2D eigenvalue weighted by atomic mass is 10.1. The van der Waals surface area contributed by atoms with Crippen LogP contribution < -0.4 is 5.32 Å². The average Bonchev–Trinajstić information content (AvgIpc) is 3.14. The zero-order valence-electron chi connectivity index (χ0n) is 16.5. The third kappa shape index (κ3) is 6.22. The van der Waals surface area contributed by atoms with Crippen LogP contribution in [0.4, 0.5) is 5.13 Å². The van der Waals surface area contributed by atoms with E-state index in [1.807, 2.05) is 7.05 Å². The molecule has 0 radical (unpaired) electrons. The number of sulfonamides is 1. The van der Waals surface area contributed by atoms with E-state index >= 15 is 0 Å². The van der Waals surface area contributed by atoms with Gasteiger partial charge >= 0.3 is 0 Å². The fourth-order valence-electron chi connectivity index (χ4n) is 2.80. The van der Waals surface area contributed by atoms with Gasteiger partial charge in [0.1, 0.15) is 0 Å². The summed E-state index contributed by atoms with van der Waals surface area (Å²) in [4.78, 5) is 14.5. The number of anilines is 1. The molecule has 2 aromatic rings. The van der Waals surface area contributed by atoms with Crippen molar-refractivity contribution in [3.05, 3.63) is 35.4 Å². The van der Waals surface area contributed by atoms with Crippen molar-refractivity contribution < 1.29 is 13.2 Å². The highest BCUT2D eigenvalue weighted by atomic mass is 32.2. The Morgan fingerprint density at radius 2 is 1.86 bits per heavy atom. The van der Waals surface area contributed by atoms with Gasteiger partial charge in [-0.3, -0.25) is 10.1 Å². The second-order valence-corrected chi connectivity index (χ2v) is 11.1. The zero-order valence-corrected chi connectivity index (χ0v) is 18.9. The smallest absolute Gasteiger partial charge is 0.257 e. The predicted octanol–water partition coefficient (Wildman–Crippen LogP) is 2.37. The number of likely N-dealkylation sites (N-methyl/N-ethyl adjacent to an activating group) is 1. The van der Waals surface area contributed by atoms with Crippen LogP contribution in [0.2, 0.25) is 0 Å². The van der Waals surface area contributed by atoms with Crippen LogP contribution in [-0.4, -0.2) is 72.7 Å². The van der Waals surface area contributed by atoms with Gasteiger partial charge in [0.2, 0.25) is 15.2 Å².